The lowest BCUT2D eigenvalue weighted by Crippen LogP contribution is -2.23. The molecule has 0 unspecified atom stereocenters. The van der Waals surface area contributed by atoms with E-state index in [1.165, 1.54) is 6.92 Å². The van der Waals surface area contributed by atoms with Crippen molar-refractivity contribution in [2.75, 3.05) is 0 Å². The Kier molecular flexibility index (Phi) is 4.75. The molecule has 0 aliphatic carbocycles. The van der Waals surface area contributed by atoms with Gasteiger partial charge in [0.05, 0.1) is 0 Å². The van der Waals surface area contributed by atoms with E-state index in [4.69, 9.17) is 9.47 Å². The highest BCUT2D eigenvalue weighted by Crippen LogP contribution is 2.46. The lowest BCUT2D eigenvalue weighted by molar-refractivity contribution is -0.147. The Morgan fingerprint density at radius 1 is 0.778 bits per heavy atom. The van der Waals surface area contributed by atoms with Gasteiger partial charge in [0.1, 0.15) is 5.76 Å². The molecule has 0 radical (unpaired) electrons. The number of benzene rings is 3. The second-order valence-electron chi connectivity index (χ2n) is 6.45. The Hall–Kier alpha value is -3.33. The van der Waals surface area contributed by atoms with Gasteiger partial charge in [0, 0.05) is 18.1 Å². The normalized spacial score (nSPS) is 18.9. The van der Waals surface area contributed by atoms with Crippen molar-refractivity contribution in [3.63, 3.8) is 0 Å². The van der Waals surface area contributed by atoms with E-state index in [1.807, 2.05) is 91.0 Å². The first kappa shape index (κ1) is 17.1. The number of ether oxygens (including phenoxy) is 2. The van der Waals surface area contributed by atoms with Gasteiger partial charge in [0.25, 0.3) is 0 Å². The maximum atomic E-state index is 11.9. The summed E-state index contributed by atoms with van der Waals surface area (Å²) in [6, 6.07) is 29.8. The van der Waals surface area contributed by atoms with Crippen LogP contribution in [0.4, 0.5) is 0 Å². The van der Waals surface area contributed by atoms with Gasteiger partial charge in [-0.15, -0.1) is 0 Å². The average Bonchev–Trinajstić information content (AvgIpc) is 3.08. The van der Waals surface area contributed by atoms with Crippen molar-refractivity contribution in [1.29, 1.82) is 0 Å². The first-order chi connectivity index (χ1) is 13.2. The molecule has 0 saturated carbocycles. The fourth-order valence-electron chi connectivity index (χ4n) is 3.44. The van der Waals surface area contributed by atoms with E-state index in [9.17, 15) is 4.79 Å². The Labute approximate surface area is 158 Å². The van der Waals surface area contributed by atoms with E-state index in [1.54, 1.807) is 0 Å². The van der Waals surface area contributed by atoms with Crippen molar-refractivity contribution in [2.24, 2.45) is 0 Å². The zero-order chi connectivity index (χ0) is 18.6. The van der Waals surface area contributed by atoms with E-state index in [0.717, 1.165) is 28.0 Å². The zero-order valence-electron chi connectivity index (χ0n) is 15.0. The lowest BCUT2D eigenvalue weighted by Gasteiger charge is -2.21. The third-order valence-electron chi connectivity index (χ3n) is 4.59. The van der Waals surface area contributed by atoms with E-state index >= 15 is 0 Å². The molecule has 0 fully saturated rings. The minimum atomic E-state index is -0.512. The highest BCUT2D eigenvalue weighted by molar-refractivity contribution is 5.93. The molecule has 0 amide bonds. The molecule has 0 N–H and O–H groups in total. The minimum Gasteiger partial charge on any atom is -0.480 e. The van der Waals surface area contributed by atoms with Gasteiger partial charge in [-0.05, 0) is 11.1 Å². The van der Waals surface area contributed by atoms with Crippen LogP contribution < -0.4 is 0 Å². The maximum Gasteiger partial charge on any atom is 0.303 e. The molecular formula is C24H20O3. The smallest absolute Gasteiger partial charge is 0.303 e. The van der Waals surface area contributed by atoms with Crippen molar-refractivity contribution < 1.29 is 14.3 Å². The molecule has 0 saturated heterocycles. The van der Waals surface area contributed by atoms with Crippen molar-refractivity contribution in [1.82, 2.24) is 0 Å². The summed E-state index contributed by atoms with van der Waals surface area (Å²) in [7, 11) is 0. The molecular weight excluding hydrogens is 336 g/mol. The van der Waals surface area contributed by atoms with Gasteiger partial charge in [-0.1, -0.05) is 91.0 Å². The summed E-state index contributed by atoms with van der Waals surface area (Å²) < 4.78 is 12.2. The van der Waals surface area contributed by atoms with Gasteiger partial charge in [-0.2, -0.15) is 0 Å². The molecule has 2 atom stereocenters. The number of esters is 1. The average molecular weight is 356 g/mol. The van der Waals surface area contributed by atoms with E-state index in [-0.39, 0.29) is 12.1 Å². The number of hydrogen-bond acceptors (Lipinski definition) is 3. The van der Waals surface area contributed by atoms with Crippen LogP contribution >= 0.6 is 0 Å². The molecule has 3 aromatic rings. The molecule has 134 valence electrons. The molecule has 3 aromatic carbocycles. The topological polar surface area (TPSA) is 35.5 Å². The second kappa shape index (κ2) is 7.50. The van der Waals surface area contributed by atoms with Crippen LogP contribution in [0.5, 0.6) is 0 Å². The highest BCUT2D eigenvalue weighted by atomic mass is 16.6. The predicted octanol–water partition coefficient (Wildman–Crippen LogP) is 5.26. The first-order valence-corrected chi connectivity index (χ1v) is 8.98. The van der Waals surface area contributed by atoms with Crippen LogP contribution in [0.1, 0.15) is 29.7 Å². The van der Waals surface area contributed by atoms with Crippen LogP contribution in [0.15, 0.2) is 91.0 Å². The number of carbonyl (C=O) groups is 1. The fraction of sp³-hybridized carbons (Fsp3) is 0.125. The Balaban J connectivity index is 1.88. The van der Waals surface area contributed by atoms with Crippen molar-refractivity contribution in [2.45, 2.75) is 19.1 Å². The third kappa shape index (κ3) is 3.49. The Bertz CT molecular complexity index is 947. The van der Waals surface area contributed by atoms with Gasteiger partial charge >= 0.3 is 5.97 Å². The summed E-state index contributed by atoms with van der Waals surface area (Å²) in [5.41, 5.74) is 3.82. The number of rotatable bonds is 4. The summed E-state index contributed by atoms with van der Waals surface area (Å²) in [6.07, 6.45) is -0.900. The van der Waals surface area contributed by atoms with Gasteiger partial charge in [0.2, 0.25) is 0 Å². The first-order valence-electron chi connectivity index (χ1n) is 8.98. The quantitative estimate of drug-likeness (QED) is 0.598. The summed E-state index contributed by atoms with van der Waals surface area (Å²) in [5, 5.41) is 0. The van der Waals surface area contributed by atoms with Crippen LogP contribution in [0.2, 0.25) is 0 Å². The second-order valence-corrected chi connectivity index (χ2v) is 6.45. The van der Waals surface area contributed by atoms with Crippen LogP contribution in [0.25, 0.3) is 11.3 Å². The van der Waals surface area contributed by atoms with Crippen molar-refractivity contribution in [3.05, 3.63) is 108 Å². The minimum absolute atomic E-state index is 0.327. The highest BCUT2D eigenvalue weighted by Gasteiger charge is 2.41. The van der Waals surface area contributed by atoms with Crippen LogP contribution in [-0.4, -0.2) is 12.1 Å². The molecule has 1 aliphatic heterocycles. The summed E-state index contributed by atoms with van der Waals surface area (Å²) in [5.74, 6) is 0.425. The monoisotopic (exact) mass is 356 g/mol. The van der Waals surface area contributed by atoms with Gasteiger partial charge in [-0.3, -0.25) is 4.79 Å². The largest absolute Gasteiger partial charge is 0.480 e. The third-order valence-corrected chi connectivity index (χ3v) is 4.59. The molecule has 0 bridgehead atoms. The van der Waals surface area contributed by atoms with E-state index < -0.39 is 6.10 Å². The van der Waals surface area contributed by atoms with Gasteiger partial charge in [-0.25, -0.2) is 0 Å². The standard InChI is InChI=1S/C24H20O3/c1-17(25)26-24-21(18-11-5-2-6-12-18)22(19-13-7-3-8-14-19)27-23(24)20-15-9-4-10-16-20/h2-16,23-24H,1H3/t23-,24-/m0/s1. The van der Waals surface area contributed by atoms with Crippen molar-refractivity contribution >= 4 is 17.3 Å². The molecule has 0 aromatic heterocycles. The number of carbonyl (C=O) groups excluding carboxylic acids is 1. The molecule has 3 nitrogen and oxygen atoms in total. The summed E-state index contributed by atoms with van der Waals surface area (Å²) in [6.45, 7) is 1.44. The molecule has 0 spiro atoms. The number of hydrogen-bond donors (Lipinski definition) is 0. The van der Waals surface area contributed by atoms with Crippen molar-refractivity contribution in [3.8, 4) is 0 Å². The molecule has 1 heterocycles. The molecule has 1 aliphatic rings. The van der Waals surface area contributed by atoms with Gasteiger partial charge in [0.15, 0.2) is 12.2 Å². The van der Waals surface area contributed by atoms with Crippen LogP contribution in [0, 0.1) is 0 Å². The summed E-state index contributed by atoms with van der Waals surface area (Å²) >= 11 is 0. The molecule has 3 heteroatoms. The SMILES string of the molecule is CC(=O)O[C@H]1C(c2ccccc2)=C(c2ccccc2)O[C@H]1c1ccccc1. The van der Waals surface area contributed by atoms with Gasteiger partial charge < -0.3 is 9.47 Å². The zero-order valence-corrected chi connectivity index (χ0v) is 15.0. The predicted molar refractivity (Wildman–Crippen MR) is 106 cm³/mol. The molecule has 27 heavy (non-hydrogen) atoms. The lowest BCUT2D eigenvalue weighted by atomic mass is 9.93. The van der Waals surface area contributed by atoms with E-state index in [2.05, 4.69) is 0 Å². The Morgan fingerprint density at radius 3 is 1.85 bits per heavy atom. The Morgan fingerprint density at radius 2 is 1.30 bits per heavy atom. The molecule has 4 rings (SSSR count). The van der Waals surface area contributed by atoms with E-state index in [0.29, 0.717) is 0 Å². The fourth-order valence-corrected chi connectivity index (χ4v) is 3.44. The van der Waals surface area contributed by atoms with Crippen LogP contribution in [0.3, 0.4) is 0 Å². The summed E-state index contributed by atoms with van der Waals surface area (Å²) in [4.78, 5) is 11.9. The maximum absolute atomic E-state index is 11.9. The van der Waals surface area contributed by atoms with Crippen LogP contribution in [-0.2, 0) is 14.3 Å².